The average molecular weight is 345 g/mol. The van der Waals surface area contributed by atoms with Gasteiger partial charge in [0, 0.05) is 12.4 Å². The van der Waals surface area contributed by atoms with Crippen molar-refractivity contribution in [2.45, 2.75) is 57.5 Å². The molecule has 4 nitrogen and oxygen atoms in total. The Labute approximate surface area is 146 Å². The van der Waals surface area contributed by atoms with Crippen molar-refractivity contribution in [2.75, 3.05) is 0 Å². The second-order valence-electron chi connectivity index (χ2n) is 7.72. The largest absolute Gasteiger partial charge is 0.410 e. The molecule has 0 saturated carbocycles. The monoisotopic (exact) mass is 344 g/mol. The fraction of sp³-hybridized carbons (Fsp3) is 0.474. The highest BCUT2D eigenvalue weighted by Gasteiger charge is 2.46. The Kier molecular flexibility index (Phi) is 5.27. The summed E-state index contributed by atoms with van der Waals surface area (Å²) in [6.07, 6.45) is 2.90. The fourth-order valence-electron chi connectivity index (χ4n) is 2.43. The van der Waals surface area contributed by atoms with E-state index in [9.17, 15) is 5.11 Å². The summed E-state index contributed by atoms with van der Waals surface area (Å²) in [4.78, 5) is 8.77. The van der Waals surface area contributed by atoms with E-state index in [4.69, 9.17) is 4.43 Å². The molecule has 1 unspecified atom stereocenters. The molecule has 2 aromatic rings. The second kappa shape index (κ2) is 6.74. The number of hydrogen-bond donors (Lipinski definition) is 1. The minimum atomic E-state index is -2.06. The Hall–Kier alpha value is -1.56. The van der Waals surface area contributed by atoms with Crippen molar-refractivity contribution in [1.29, 1.82) is 0 Å². The molecule has 5 heteroatoms. The van der Waals surface area contributed by atoms with Crippen LogP contribution in [0.5, 0.6) is 0 Å². The number of aliphatic hydroxyl groups is 1. The summed E-state index contributed by atoms with van der Waals surface area (Å²) in [5.41, 5.74) is -0.289. The van der Waals surface area contributed by atoms with E-state index in [1.165, 1.54) is 0 Å². The van der Waals surface area contributed by atoms with Crippen molar-refractivity contribution in [3.05, 3.63) is 60.2 Å². The maximum atomic E-state index is 11.6. The molecule has 0 amide bonds. The van der Waals surface area contributed by atoms with Crippen LogP contribution in [0.25, 0.3) is 0 Å². The molecule has 0 aliphatic carbocycles. The van der Waals surface area contributed by atoms with Crippen molar-refractivity contribution >= 4 is 8.32 Å². The molecule has 0 saturated heterocycles. The van der Waals surface area contributed by atoms with Crippen LogP contribution in [-0.2, 0) is 10.0 Å². The number of pyridine rings is 2. The molecule has 2 rings (SSSR count). The molecule has 0 aromatic carbocycles. The zero-order valence-corrected chi connectivity index (χ0v) is 16.4. The first-order valence-electron chi connectivity index (χ1n) is 8.32. The summed E-state index contributed by atoms with van der Waals surface area (Å²) >= 11 is 0. The van der Waals surface area contributed by atoms with Crippen LogP contribution in [0, 0.1) is 0 Å². The van der Waals surface area contributed by atoms with Crippen LogP contribution in [0.2, 0.25) is 18.1 Å². The third-order valence-electron chi connectivity index (χ3n) is 4.98. The third kappa shape index (κ3) is 3.58. The lowest BCUT2D eigenvalue weighted by Gasteiger charge is -2.43. The Balaban J connectivity index is 2.48. The lowest BCUT2D eigenvalue weighted by Crippen LogP contribution is -2.51. The number of aromatic nitrogens is 2. The maximum absolute atomic E-state index is 11.6. The van der Waals surface area contributed by atoms with E-state index in [-0.39, 0.29) is 5.04 Å². The molecular formula is C19H28N2O2Si. The maximum Gasteiger partial charge on any atom is 0.192 e. The van der Waals surface area contributed by atoms with E-state index in [0.29, 0.717) is 11.4 Å². The highest BCUT2D eigenvalue weighted by molar-refractivity contribution is 6.74. The summed E-state index contributed by atoms with van der Waals surface area (Å²) in [5.74, 6) is 0. The second-order valence-corrected chi connectivity index (χ2v) is 12.5. The fourth-order valence-corrected chi connectivity index (χ4v) is 3.84. The van der Waals surface area contributed by atoms with Gasteiger partial charge in [0.1, 0.15) is 0 Å². The van der Waals surface area contributed by atoms with Gasteiger partial charge in [0.15, 0.2) is 13.9 Å². The van der Waals surface area contributed by atoms with Crippen LogP contribution in [0.15, 0.2) is 48.8 Å². The van der Waals surface area contributed by atoms with Crippen molar-refractivity contribution in [3.63, 3.8) is 0 Å². The van der Waals surface area contributed by atoms with E-state index in [2.05, 4.69) is 43.8 Å². The smallest absolute Gasteiger partial charge is 0.192 e. The summed E-state index contributed by atoms with van der Waals surface area (Å²) in [6, 6.07) is 11.0. The lowest BCUT2D eigenvalue weighted by atomic mass is 9.89. The van der Waals surface area contributed by atoms with Crippen LogP contribution in [0.3, 0.4) is 0 Å². The van der Waals surface area contributed by atoms with Gasteiger partial charge in [-0.05, 0) is 49.3 Å². The first-order valence-corrected chi connectivity index (χ1v) is 11.2. The van der Waals surface area contributed by atoms with Crippen molar-refractivity contribution in [1.82, 2.24) is 9.97 Å². The minimum absolute atomic E-state index is 0.0520. The molecule has 2 heterocycles. The zero-order valence-electron chi connectivity index (χ0n) is 15.4. The van der Waals surface area contributed by atoms with Crippen molar-refractivity contribution < 1.29 is 9.53 Å². The predicted octanol–water partition coefficient (Wildman–Crippen LogP) is 4.12. The molecular weight excluding hydrogens is 316 g/mol. The molecule has 0 radical (unpaired) electrons. The molecule has 0 fully saturated rings. The number of hydrogen-bond acceptors (Lipinski definition) is 4. The Bertz CT molecular complexity index is 615. The topological polar surface area (TPSA) is 55.2 Å². The van der Waals surface area contributed by atoms with Crippen LogP contribution < -0.4 is 0 Å². The SMILES string of the molecule is CC(O[Si](C)(C)C(C)(C)C)C(O)(c1ccccn1)c1ccccn1. The Morgan fingerprint density at radius 3 is 1.75 bits per heavy atom. The van der Waals surface area contributed by atoms with E-state index in [0.717, 1.165) is 0 Å². The first-order chi connectivity index (χ1) is 11.1. The Morgan fingerprint density at radius 2 is 1.42 bits per heavy atom. The molecule has 0 aliphatic rings. The van der Waals surface area contributed by atoms with Crippen LogP contribution in [-0.4, -0.2) is 29.5 Å². The van der Waals surface area contributed by atoms with Gasteiger partial charge in [0.2, 0.25) is 0 Å². The van der Waals surface area contributed by atoms with Gasteiger partial charge in [-0.15, -0.1) is 0 Å². The third-order valence-corrected chi connectivity index (χ3v) is 9.53. The molecule has 1 N–H and O–H groups in total. The van der Waals surface area contributed by atoms with E-state index in [1.807, 2.05) is 43.3 Å². The van der Waals surface area contributed by atoms with E-state index in [1.54, 1.807) is 12.4 Å². The summed E-state index contributed by atoms with van der Waals surface area (Å²) in [6.45, 7) is 12.8. The van der Waals surface area contributed by atoms with Gasteiger partial charge in [-0.3, -0.25) is 9.97 Å². The quantitative estimate of drug-likeness (QED) is 0.829. The van der Waals surface area contributed by atoms with Crippen molar-refractivity contribution in [3.8, 4) is 0 Å². The van der Waals surface area contributed by atoms with Gasteiger partial charge in [-0.1, -0.05) is 32.9 Å². The summed E-state index contributed by atoms with van der Waals surface area (Å²) in [7, 11) is -2.06. The van der Waals surface area contributed by atoms with Gasteiger partial charge in [0.05, 0.1) is 17.5 Å². The van der Waals surface area contributed by atoms with Crippen LogP contribution in [0.4, 0.5) is 0 Å². The van der Waals surface area contributed by atoms with E-state index >= 15 is 0 Å². The van der Waals surface area contributed by atoms with Gasteiger partial charge in [-0.25, -0.2) is 0 Å². The van der Waals surface area contributed by atoms with Gasteiger partial charge < -0.3 is 9.53 Å². The van der Waals surface area contributed by atoms with Gasteiger partial charge in [-0.2, -0.15) is 0 Å². The normalized spacial score (nSPS) is 14.5. The Morgan fingerprint density at radius 1 is 0.958 bits per heavy atom. The summed E-state index contributed by atoms with van der Waals surface area (Å²) < 4.78 is 6.49. The molecule has 0 bridgehead atoms. The average Bonchev–Trinajstić information content (AvgIpc) is 2.54. The predicted molar refractivity (Wildman–Crippen MR) is 99.2 cm³/mol. The molecule has 0 spiro atoms. The summed E-state index contributed by atoms with van der Waals surface area (Å²) in [5, 5.41) is 11.7. The van der Waals surface area contributed by atoms with Gasteiger partial charge in [0.25, 0.3) is 0 Å². The highest BCUT2D eigenvalue weighted by Crippen LogP contribution is 2.41. The zero-order chi connectivity index (χ0) is 18.0. The minimum Gasteiger partial charge on any atom is -0.410 e. The first kappa shape index (κ1) is 18.8. The van der Waals surface area contributed by atoms with Crippen molar-refractivity contribution in [2.24, 2.45) is 0 Å². The number of rotatable bonds is 5. The van der Waals surface area contributed by atoms with Crippen LogP contribution in [0.1, 0.15) is 39.1 Å². The molecule has 24 heavy (non-hydrogen) atoms. The standard InChI is InChI=1S/C19H28N2O2Si/c1-15(23-24(5,6)18(2,3)4)19(22,16-11-7-9-13-20-16)17-12-8-10-14-21-17/h7-15,22H,1-6H3. The highest BCUT2D eigenvalue weighted by atomic mass is 28.4. The molecule has 2 aromatic heterocycles. The molecule has 1 atom stereocenters. The van der Waals surface area contributed by atoms with E-state index < -0.39 is 20.0 Å². The van der Waals surface area contributed by atoms with Crippen LogP contribution >= 0.6 is 0 Å². The molecule has 0 aliphatic heterocycles. The lowest BCUT2D eigenvalue weighted by molar-refractivity contribution is -0.0384. The van der Waals surface area contributed by atoms with Gasteiger partial charge >= 0.3 is 0 Å². The molecule has 130 valence electrons. The number of nitrogens with zero attached hydrogens (tertiary/aromatic N) is 2.